The molecule has 0 amide bonds. The summed E-state index contributed by atoms with van der Waals surface area (Å²) >= 11 is 10.1. The van der Waals surface area contributed by atoms with E-state index in [2.05, 4.69) is 390 Å². The second-order valence-electron chi connectivity index (χ2n) is 30.3. The van der Waals surface area contributed by atoms with Gasteiger partial charge in [0.1, 0.15) is 0 Å². The van der Waals surface area contributed by atoms with Gasteiger partial charge in [-0.15, -0.1) is 22.7 Å². The monoisotopic (exact) mass is 1580 g/mol. The summed E-state index contributed by atoms with van der Waals surface area (Å²) in [6.07, 6.45) is 0. The summed E-state index contributed by atoms with van der Waals surface area (Å²) < 4.78 is 5.13. The molecule has 4 nitrogen and oxygen atoms in total. The second-order valence-corrected chi connectivity index (χ2v) is 32.9. The van der Waals surface area contributed by atoms with E-state index >= 15 is 0 Å². The zero-order chi connectivity index (χ0) is 77.5. The van der Waals surface area contributed by atoms with Crippen LogP contribution in [0.1, 0.15) is 59.4 Å². The van der Waals surface area contributed by atoms with Crippen molar-refractivity contribution in [2.24, 2.45) is 0 Å². The first kappa shape index (κ1) is 73.8. The predicted molar refractivity (Wildman–Crippen MR) is 510 cm³/mol. The normalized spacial score (nSPS) is 12.9. The first-order valence-corrected chi connectivity index (χ1v) is 41.9. The Bertz CT molecular complexity index is 7040. The Hall–Kier alpha value is -14.1. The third-order valence-corrected chi connectivity index (χ3v) is 26.5. The first-order valence-electron chi connectivity index (χ1n) is 39.9. The van der Waals surface area contributed by atoms with Crippen LogP contribution in [0.2, 0.25) is 5.02 Å². The zero-order valence-electron chi connectivity index (χ0n) is 63.6. The summed E-state index contributed by atoms with van der Waals surface area (Å²) in [4.78, 5) is 7.23. The number of halogens is 1. The Kier molecular flexibility index (Phi) is 18.9. The van der Waals surface area contributed by atoms with Crippen LogP contribution in [0, 0.1) is 0 Å². The number of para-hydroxylation sites is 10. The van der Waals surface area contributed by atoms with Crippen LogP contribution in [0.15, 0.2) is 437 Å². The summed E-state index contributed by atoms with van der Waals surface area (Å²) in [7, 11) is 0. The van der Waals surface area contributed by atoms with Gasteiger partial charge in [0.15, 0.2) is 0 Å². The van der Waals surface area contributed by atoms with E-state index in [4.69, 9.17) is 11.6 Å². The van der Waals surface area contributed by atoms with E-state index in [0.29, 0.717) is 0 Å². The van der Waals surface area contributed by atoms with Crippen molar-refractivity contribution >= 4 is 137 Å². The van der Waals surface area contributed by atoms with Crippen LogP contribution in [0.25, 0.3) is 84.9 Å². The van der Waals surface area contributed by atoms with E-state index in [1.165, 1.54) is 152 Å². The van der Waals surface area contributed by atoms with E-state index in [1.54, 1.807) is 0 Å². The van der Waals surface area contributed by atoms with E-state index < -0.39 is 10.8 Å². The molecule has 24 rings (SSSR count). The molecular weight excluding hydrogens is 1500 g/mol. The van der Waals surface area contributed by atoms with Crippen molar-refractivity contribution in [2.75, 3.05) is 20.0 Å². The second kappa shape index (κ2) is 30.5. The molecule has 20 aromatic rings. The molecule has 2 spiro atoms. The molecule has 4 aliphatic rings. The lowest BCUT2D eigenvalue weighted by atomic mass is 9.64. The highest BCUT2D eigenvalue weighted by atomic mass is 35.5. The highest BCUT2D eigenvalue weighted by molar-refractivity contribution is 7.26. The van der Waals surface area contributed by atoms with Crippen LogP contribution < -0.4 is 20.0 Å². The number of benzene rings is 18. The molecule has 2 aliphatic carbocycles. The SMILES string of the molecule is C.C.Clc1ccc2sc3ccc(-c4ccc5c(c4)C4(c6ccccc6-5)c5ccccc5N(c5ccccc5)c5ccccc54)cc3c2c1.c1ccc(N(c2ccccc2)c2ccc3sc4ccc(-c5ccc6c(c5)C5(c7ccccc7-6)c6ccccc6N(c6ccccc6)c6ccccc65)cc4c3c2)cc1.c1ccc(Nc2ccccc2)cc1. The van der Waals surface area contributed by atoms with Crippen LogP contribution in [0.5, 0.6) is 0 Å². The Morgan fingerprint density at radius 1 is 0.235 bits per heavy atom. The van der Waals surface area contributed by atoms with E-state index in [-0.39, 0.29) is 14.9 Å². The average molecular weight is 1580 g/mol. The summed E-state index contributed by atoms with van der Waals surface area (Å²) in [5, 5.41) is 9.11. The molecule has 4 heterocycles. The van der Waals surface area contributed by atoms with Gasteiger partial charge in [0, 0.05) is 85.2 Å². The highest BCUT2D eigenvalue weighted by Gasteiger charge is 2.53. The molecule has 0 radical (unpaired) electrons. The zero-order valence-corrected chi connectivity index (χ0v) is 66.0. The van der Waals surface area contributed by atoms with Gasteiger partial charge in [0.25, 0.3) is 0 Å². The van der Waals surface area contributed by atoms with Crippen LogP contribution >= 0.6 is 34.3 Å². The van der Waals surface area contributed by atoms with Gasteiger partial charge in [-0.25, -0.2) is 0 Å². The lowest BCUT2D eigenvalue weighted by Gasteiger charge is -2.45. The number of rotatable bonds is 9. The van der Waals surface area contributed by atoms with Crippen molar-refractivity contribution in [3.05, 3.63) is 486 Å². The summed E-state index contributed by atoms with van der Waals surface area (Å²) in [6.45, 7) is 0. The Labute approximate surface area is 708 Å². The van der Waals surface area contributed by atoms with Crippen LogP contribution in [0.4, 0.5) is 62.6 Å². The minimum absolute atomic E-state index is 0. The van der Waals surface area contributed by atoms with Gasteiger partial charge in [0.05, 0.1) is 33.6 Å². The fraction of sp³-hybridized carbons (Fsp3) is 0.0357. The maximum atomic E-state index is 6.46. The average Bonchev–Trinajstić information content (AvgIpc) is 1.56. The molecule has 119 heavy (non-hydrogen) atoms. The van der Waals surface area contributed by atoms with Crippen molar-refractivity contribution in [3.63, 3.8) is 0 Å². The molecule has 0 atom stereocenters. The quantitative estimate of drug-likeness (QED) is 0.155. The molecule has 0 saturated carbocycles. The summed E-state index contributed by atoms with van der Waals surface area (Å²) in [5.74, 6) is 0. The minimum atomic E-state index is -0.493. The third-order valence-electron chi connectivity index (χ3n) is 24.0. The molecular formula is C112H81ClN4S2. The van der Waals surface area contributed by atoms with E-state index in [9.17, 15) is 0 Å². The minimum Gasteiger partial charge on any atom is -0.356 e. The smallest absolute Gasteiger partial charge is 0.0754 e. The number of thiophene rings is 2. The Morgan fingerprint density at radius 2 is 0.529 bits per heavy atom. The molecule has 0 saturated heterocycles. The van der Waals surface area contributed by atoms with Crippen molar-refractivity contribution in [1.29, 1.82) is 0 Å². The fourth-order valence-electron chi connectivity index (χ4n) is 19.1. The molecule has 568 valence electrons. The number of fused-ring (bicyclic) bond motifs is 24. The maximum absolute atomic E-state index is 6.46. The highest BCUT2D eigenvalue weighted by Crippen LogP contribution is 2.66. The Balaban J connectivity index is 0.000000133. The van der Waals surface area contributed by atoms with Crippen LogP contribution in [0.3, 0.4) is 0 Å². The largest absolute Gasteiger partial charge is 0.356 e. The molecule has 2 aliphatic heterocycles. The van der Waals surface area contributed by atoms with Crippen molar-refractivity contribution in [1.82, 2.24) is 0 Å². The fourth-order valence-corrected chi connectivity index (χ4v) is 21.4. The van der Waals surface area contributed by atoms with Crippen molar-refractivity contribution in [3.8, 4) is 44.5 Å². The molecule has 0 bridgehead atoms. The van der Waals surface area contributed by atoms with Gasteiger partial charge < -0.3 is 20.0 Å². The molecule has 2 aromatic heterocycles. The molecule has 7 heteroatoms. The van der Waals surface area contributed by atoms with E-state index in [1.807, 2.05) is 89.4 Å². The number of anilines is 11. The third kappa shape index (κ3) is 12.2. The number of nitrogens with zero attached hydrogens (tertiary/aromatic N) is 3. The lowest BCUT2D eigenvalue weighted by Crippen LogP contribution is -2.36. The topological polar surface area (TPSA) is 21.8 Å². The summed E-state index contributed by atoms with van der Waals surface area (Å²) in [5.41, 5.74) is 32.5. The number of hydrogen-bond acceptors (Lipinski definition) is 6. The summed E-state index contributed by atoms with van der Waals surface area (Å²) in [6, 6.07) is 159. The van der Waals surface area contributed by atoms with Crippen molar-refractivity contribution in [2.45, 2.75) is 25.7 Å². The van der Waals surface area contributed by atoms with Gasteiger partial charge in [-0.2, -0.15) is 0 Å². The van der Waals surface area contributed by atoms with Gasteiger partial charge >= 0.3 is 0 Å². The number of hydrogen-bond donors (Lipinski definition) is 1. The van der Waals surface area contributed by atoms with Gasteiger partial charge in [-0.1, -0.05) is 293 Å². The predicted octanol–water partition coefficient (Wildman–Crippen LogP) is 32.6. The standard InChI is InChI=1S/C55H36N2S.C43H26ClNS.C12H11N.2CH4/c1-4-16-39(17-5-1)56(40-18-6-2-7-19-40)42-30-33-54-46(36-42)45-34-37(29-32-53(45)58-54)38-28-31-44-43-22-10-11-23-47(43)55(50(44)35-38)48-24-12-14-26-51(48)57(41-20-8-3-9-21-41)52-27-15-13-25-49(52)55;44-29-20-23-42-34(26-29)33-24-27(19-22-41(33)46-42)28-18-21-32-31-12-4-5-13-35(31)43(38(32)25-28)36-14-6-8-16-39(36)45(30-10-2-1-3-11-30)40-17-9-7-15-37(40)43;1-3-7-11(8-4-1)13-12-9-5-2-6-10-12;;/h1-36H;1-26H;1-10,13H;2*1H4. The van der Waals surface area contributed by atoms with Crippen LogP contribution in [-0.4, -0.2) is 0 Å². The molecule has 1 N–H and O–H groups in total. The number of nitrogens with one attached hydrogen (secondary N) is 1. The van der Waals surface area contributed by atoms with E-state index in [0.717, 1.165) is 44.8 Å². The Morgan fingerprint density at radius 3 is 0.933 bits per heavy atom. The van der Waals surface area contributed by atoms with Crippen molar-refractivity contribution < 1.29 is 0 Å². The molecule has 18 aromatic carbocycles. The maximum Gasteiger partial charge on any atom is 0.0754 e. The van der Waals surface area contributed by atoms with Gasteiger partial charge in [-0.05, 0) is 259 Å². The van der Waals surface area contributed by atoms with Gasteiger partial charge in [0.2, 0.25) is 0 Å². The van der Waals surface area contributed by atoms with Crippen LogP contribution in [-0.2, 0) is 10.8 Å². The molecule has 0 unspecified atom stereocenters. The molecule has 0 fully saturated rings. The first-order chi connectivity index (χ1) is 57.9. The van der Waals surface area contributed by atoms with Gasteiger partial charge in [-0.3, -0.25) is 0 Å². The lowest BCUT2D eigenvalue weighted by molar-refractivity contribution is 0.753.